The summed E-state index contributed by atoms with van der Waals surface area (Å²) in [7, 11) is -3.10. The first-order chi connectivity index (χ1) is 14.7. The lowest BCUT2D eigenvalue weighted by Crippen LogP contribution is -2.15. The number of rotatable bonds is 4. The van der Waals surface area contributed by atoms with Gasteiger partial charge in [0, 0.05) is 17.3 Å². The van der Waals surface area contributed by atoms with Crippen LogP contribution in [0.3, 0.4) is 0 Å². The number of nitrogens with one attached hydrogen (secondary N) is 1. The molecule has 3 aromatic rings. The number of sulfone groups is 1. The van der Waals surface area contributed by atoms with Crippen molar-refractivity contribution in [1.29, 1.82) is 0 Å². The molecule has 5 rings (SSSR count). The molecule has 0 spiro atoms. The molecule has 31 heavy (non-hydrogen) atoms. The number of anilines is 1. The third-order valence-corrected chi connectivity index (χ3v) is 7.83. The summed E-state index contributed by atoms with van der Waals surface area (Å²) < 4.78 is 39.7. The zero-order valence-corrected chi connectivity index (χ0v) is 18.2. The fourth-order valence-electron chi connectivity index (χ4n) is 4.19. The zero-order valence-electron chi connectivity index (χ0n) is 17.4. The van der Waals surface area contributed by atoms with Gasteiger partial charge in [-0.15, -0.1) is 0 Å². The van der Waals surface area contributed by atoms with Crippen molar-refractivity contribution in [2.45, 2.75) is 45.1 Å². The monoisotopic (exact) mass is 442 g/mol. The number of amides is 1. The van der Waals surface area contributed by atoms with Gasteiger partial charge in [-0.2, -0.15) is 5.10 Å². The minimum atomic E-state index is -3.10. The van der Waals surface area contributed by atoms with Crippen LogP contribution in [-0.4, -0.2) is 40.6 Å². The largest absolute Gasteiger partial charge is 0.322 e. The zero-order chi connectivity index (χ0) is 21.9. The Labute approximate surface area is 179 Å². The van der Waals surface area contributed by atoms with Gasteiger partial charge in [-0.1, -0.05) is 6.07 Å². The van der Waals surface area contributed by atoms with E-state index in [9.17, 15) is 17.6 Å². The summed E-state index contributed by atoms with van der Waals surface area (Å²) in [6, 6.07) is 6.09. The van der Waals surface area contributed by atoms with Crippen molar-refractivity contribution in [1.82, 2.24) is 14.8 Å². The number of aromatic nitrogens is 3. The summed E-state index contributed by atoms with van der Waals surface area (Å²) in [5.41, 5.74) is 3.28. The summed E-state index contributed by atoms with van der Waals surface area (Å²) in [6.07, 6.45) is 2.50. The highest BCUT2D eigenvalue weighted by molar-refractivity contribution is 7.91. The van der Waals surface area contributed by atoms with Crippen LogP contribution in [0.4, 0.5) is 10.1 Å². The first kappa shape index (κ1) is 20.1. The highest BCUT2D eigenvalue weighted by Crippen LogP contribution is 2.41. The number of halogens is 1. The van der Waals surface area contributed by atoms with E-state index in [1.54, 1.807) is 36.7 Å². The summed E-state index contributed by atoms with van der Waals surface area (Å²) >= 11 is 0. The molecule has 1 aromatic carbocycles. The predicted octanol–water partition coefficient (Wildman–Crippen LogP) is 3.68. The molecule has 1 unspecified atom stereocenters. The van der Waals surface area contributed by atoms with Crippen LogP contribution >= 0.6 is 0 Å². The smallest absolute Gasteiger partial charge is 0.256 e. The molecule has 1 atom stereocenters. The maximum Gasteiger partial charge on any atom is 0.256 e. The Hall–Kier alpha value is -2.81. The van der Waals surface area contributed by atoms with Crippen LogP contribution in [0, 0.1) is 19.7 Å². The van der Waals surface area contributed by atoms with E-state index < -0.39 is 9.84 Å². The second-order valence-corrected chi connectivity index (χ2v) is 10.8. The van der Waals surface area contributed by atoms with E-state index in [1.807, 2.05) is 0 Å². The van der Waals surface area contributed by atoms with Gasteiger partial charge < -0.3 is 5.32 Å². The summed E-state index contributed by atoms with van der Waals surface area (Å²) in [4.78, 5) is 18.0. The normalized spacial score (nSPS) is 20.3. The van der Waals surface area contributed by atoms with Gasteiger partial charge in [0.2, 0.25) is 0 Å². The van der Waals surface area contributed by atoms with E-state index in [0.717, 1.165) is 18.5 Å². The molecule has 1 aliphatic heterocycles. The molecule has 2 fully saturated rings. The van der Waals surface area contributed by atoms with E-state index >= 15 is 0 Å². The highest BCUT2D eigenvalue weighted by Gasteiger charge is 2.34. The van der Waals surface area contributed by atoms with E-state index in [2.05, 4.69) is 10.4 Å². The molecule has 2 aliphatic rings. The van der Waals surface area contributed by atoms with Crippen molar-refractivity contribution >= 4 is 32.5 Å². The van der Waals surface area contributed by atoms with Gasteiger partial charge in [0.15, 0.2) is 15.5 Å². The van der Waals surface area contributed by atoms with Crippen molar-refractivity contribution in [3.63, 3.8) is 0 Å². The van der Waals surface area contributed by atoms with Crippen molar-refractivity contribution in [3.8, 4) is 0 Å². The van der Waals surface area contributed by atoms with E-state index in [4.69, 9.17) is 4.98 Å². The van der Waals surface area contributed by atoms with Crippen LogP contribution in [0.1, 0.15) is 58.5 Å². The number of fused-ring (bicyclic) bond motifs is 1. The average Bonchev–Trinajstić information content (AvgIpc) is 3.43. The number of aryl methyl sites for hydroxylation is 2. The molecule has 162 valence electrons. The highest BCUT2D eigenvalue weighted by atomic mass is 32.2. The number of benzene rings is 1. The van der Waals surface area contributed by atoms with Crippen LogP contribution in [0.15, 0.2) is 24.3 Å². The maximum atomic E-state index is 13.9. The number of carbonyl (C=O) groups excluding carboxylic acids is 1. The third kappa shape index (κ3) is 3.71. The molecule has 1 aliphatic carbocycles. The van der Waals surface area contributed by atoms with Crippen LogP contribution < -0.4 is 5.32 Å². The van der Waals surface area contributed by atoms with Crippen LogP contribution in [-0.2, 0) is 9.84 Å². The molecule has 0 bridgehead atoms. The number of hydrogen-bond donors (Lipinski definition) is 1. The Morgan fingerprint density at radius 2 is 1.97 bits per heavy atom. The first-order valence-corrected chi connectivity index (χ1v) is 12.2. The molecule has 9 heteroatoms. The Morgan fingerprint density at radius 3 is 2.61 bits per heavy atom. The standard InChI is InChI=1S/C22H23FN4O3S/c1-12-3-6-15(9-18(12)23)24-22(28)17-10-19(14-4-5-14)25-21-20(17)13(2)26-27(21)16-7-8-31(29,30)11-16/h3,6,9-10,14,16H,4-5,7-8,11H2,1-2H3,(H,24,28). The lowest BCUT2D eigenvalue weighted by atomic mass is 10.1. The predicted molar refractivity (Wildman–Crippen MR) is 116 cm³/mol. The number of hydrogen-bond acceptors (Lipinski definition) is 5. The Bertz CT molecular complexity index is 1330. The molecule has 1 saturated carbocycles. The van der Waals surface area contributed by atoms with E-state index in [-0.39, 0.29) is 29.3 Å². The van der Waals surface area contributed by atoms with Crippen LogP contribution in [0.2, 0.25) is 0 Å². The lowest BCUT2D eigenvalue weighted by molar-refractivity contribution is 0.102. The van der Waals surface area contributed by atoms with Crippen LogP contribution in [0.5, 0.6) is 0 Å². The minimum Gasteiger partial charge on any atom is -0.322 e. The Balaban J connectivity index is 1.60. The van der Waals surface area contributed by atoms with Gasteiger partial charge in [-0.25, -0.2) is 22.5 Å². The molecule has 0 radical (unpaired) electrons. The van der Waals surface area contributed by atoms with E-state index in [1.165, 1.54) is 6.07 Å². The summed E-state index contributed by atoms with van der Waals surface area (Å²) in [6.45, 7) is 3.46. The van der Waals surface area contributed by atoms with Gasteiger partial charge in [0.25, 0.3) is 5.91 Å². The Kier molecular flexibility index (Phi) is 4.62. The molecule has 1 saturated heterocycles. The van der Waals surface area contributed by atoms with Gasteiger partial charge in [-0.05, 0) is 56.9 Å². The number of pyridine rings is 1. The fourth-order valence-corrected chi connectivity index (χ4v) is 5.88. The van der Waals surface area contributed by atoms with Crippen molar-refractivity contribution in [2.75, 3.05) is 16.8 Å². The molecule has 3 heterocycles. The van der Waals surface area contributed by atoms with Gasteiger partial charge in [0.1, 0.15) is 5.82 Å². The number of nitrogens with zero attached hydrogens (tertiary/aromatic N) is 3. The topological polar surface area (TPSA) is 93.9 Å². The number of carbonyl (C=O) groups is 1. The van der Waals surface area contributed by atoms with Crippen LogP contribution in [0.25, 0.3) is 11.0 Å². The molecular formula is C22H23FN4O3S. The van der Waals surface area contributed by atoms with Crippen molar-refractivity contribution in [3.05, 3.63) is 52.6 Å². The summed E-state index contributed by atoms with van der Waals surface area (Å²) in [5.74, 6) is -0.291. The second kappa shape index (κ2) is 7.12. The van der Waals surface area contributed by atoms with Gasteiger partial charge in [-0.3, -0.25) is 4.79 Å². The first-order valence-electron chi connectivity index (χ1n) is 10.4. The fraction of sp³-hybridized carbons (Fsp3) is 0.409. The SMILES string of the molecule is Cc1ccc(NC(=O)c2cc(C3CC3)nc3c2c(C)nn3C2CCS(=O)(=O)C2)cc1F. The Morgan fingerprint density at radius 1 is 1.19 bits per heavy atom. The third-order valence-electron chi connectivity index (χ3n) is 6.08. The quantitative estimate of drug-likeness (QED) is 0.665. The van der Waals surface area contributed by atoms with Crippen molar-refractivity contribution < 1.29 is 17.6 Å². The molecule has 1 N–H and O–H groups in total. The van der Waals surface area contributed by atoms with Crippen molar-refractivity contribution in [2.24, 2.45) is 0 Å². The lowest BCUT2D eigenvalue weighted by Gasteiger charge is -2.12. The van der Waals surface area contributed by atoms with Gasteiger partial charge >= 0.3 is 0 Å². The maximum absolute atomic E-state index is 13.9. The molecule has 2 aromatic heterocycles. The summed E-state index contributed by atoms with van der Waals surface area (Å²) in [5, 5.41) is 7.98. The van der Waals surface area contributed by atoms with Gasteiger partial charge in [0.05, 0.1) is 34.2 Å². The van der Waals surface area contributed by atoms with E-state index in [0.29, 0.717) is 45.9 Å². The minimum absolute atomic E-state index is 0.0305. The molecular weight excluding hydrogens is 419 g/mol. The second-order valence-electron chi connectivity index (χ2n) is 8.57. The molecule has 7 nitrogen and oxygen atoms in total. The average molecular weight is 443 g/mol. The molecule has 1 amide bonds.